The lowest BCUT2D eigenvalue weighted by molar-refractivity contribution is 0.112. The fraction of sp³-hybridized carbons (Fsp3) is 0.533. The van der Waals surface area contributed by atoms with E-state index in [-0.39, 0.29) is 5.75 Å². The number of rotatable bonds is 9. The Bertz CT molecular complexity index is 370. The second-order valence-electron chi connectivity index (χ2n) is 4.39. The molecule has 4 nitrogen and oxygen atoms in total. The first-order valence-electron chi connectivity index (χ1n) is 6.80. The van der Waals surface area contributed by atoms with Crippen molar-refractivity contribution in [1.29, 1.82) is 0 Å². The van der Waals surface area contributed by atoms with Crippen molar-refractivity contribution in [3.05, 3.63) is 17.7 Å². The van der Waals surface area contributed by atoms with Gasteiger partial charge in [-0.15, -0.1) is 0 Å². The molecule has 0 bridgehead atoms. The first-order chi connectivity index (χ1) is 9.22. The number of phenolic OH excluding ortho intramolecular Hbond substituents is 1. The van der Waals surface area contributed by atoms with Gasteiger partial charge in [0.2, 0.25) is 5.75 Å². The van der Waals surface area contributed by atoms with Crippen LogP contribution in [0.15, 0.2) is 12.1 Å². The lowest BCUT2D eigenvalue weighted by Gasteiger charge is -2.13. The van der Waals surface area contributed by atoms with E-state index in [2.05, 4.69) is 13.8 Å². The normalized spacial score (nSPS) is 10.2. The topological polar surface area (TPSA) is 55.8 Å². The fourth-order valence-corrected chi connectivity index (χ4v) is 1.54. The zero-order valence-corrected chi connectivity index (χ0v) is 11.6. The van der Waals surface area contributed by atoms with Gasteiger partial charge in [-0.25, -0.2) is 0 Å². The minimum absolute atomic E-state index is 0.0298. The molecule has 0 aliphatic heterocycles. The van der Waals surface area contributed by atoms with Crippen LogP contribution in [0.2, 0.25) is 0 Å². The summed E-state index contributed by atoms with van der Waals surface area (Å²) in [7, 11) is 0. The number of phenols is 1. The highest BCUT2D eigenvalue weighted by Crippen LogP contribution is 2.37. The van der Waals surface area contributed by atoms with Gasteiger partial charge in [-0.05, 0) is 25.0 Å². The second kappa shape index (κ2) is 8.40. The average Bonchev–Trinajstić information content (AvgIpc) is 2.42. The predicted octanol–water partition coefficient (Wildman–Crippen LogP) is 3.56. The van der Waals surface area contributed by atoms with Crippen molar-refractivity contribution in [2.24, 2.45) is 0 Å². The van der Waals surface area contributed by atoms with Gasteiger partial charge < -0.3 is 14.6 Å². The molecule has 0 spiro atoms. The van der Waals surface area contributed by atoms with Crippen molar-refractivity contribution in [3.63, 3.8) is 0 Å². The van der Waals surface area contributed by atoms with Crippen molar-refractivity contribution < 1.29 is 19.4 Å². The minimum atomic E-state index is -0.0298. The maximum atomic E-state index is 10.9. The predicted molar refractivity (Wildman–Crippen MR) is 74.3 cm³/mol. The van der Waals surface area contributed by atoms with E-state index in [0.717, 1.165) is 32.0 Å². The monoisotopic (exact) mass is 266 g/mol. The molecule has 0 saturated carbocycles. The van der Waals surface area contributed by atoms with Gasteiger partial charge in [0.25, 0.3) is 0 Å². The van der Waals surface area contributed by atoms with E-state index in [9.17, 15) is 9.90 Å². The molecular formula is C15H22O4. The van der Waals surface area contributed by atoms with Crippen molar-refractivity contribution in [2.75, 3.05) is 13.2 Å². The standard InChI is InChI=1S/C15H22O4/c1-3-5-7-18-13-9-12(11-16)10-14(15(13)17)19-8-6-4-2/h9-11,17H,3-8H2,1-2H3. The van der Waals surface area contributed by atoms with Gasteiger partial charge in [0.05, 0.1) is 13.2 Å². The van der Waals surface area contributed by atoms with Crippen LogP contribution in [0.25, 0.3) is 0 Å². The third-order valence-electron chi connectivity index (χ3n) is 2.71. The second-order valence-corrected chi connectivity index (χ2v) is 4.39. The van der Waals surface area contributed by atoms with E-state index in [1.54, 1.807) is 0 Å². The summed E-state index contributed by atoms with van der Waals surface area (Å²) in [6, 6.07) is 3.06. The highest BCUT2D eigenvalue weighted by atomic mass is 16.5. The summed E-state index contributed by atoms with van der Waals surface area (Å²) in [4.78, 5) is 10.9. The molecule has 0 aromatic heterocycles. The number of ether oxygens (including phenoxy) is 2. The summed E-state index contributed by atoms with van der Waals surface area (Å²) in [5.74, 6) is 0.590. The van der Waals surface area contributed by atoms with Gasteiger partial charge in [0, 0.05) is 5.56 Å². The first-order valence-corrected chi connectivity index (χ1v) is 6.80. The molecule has 0 saturated heterocycles. The van der Waals surface area contributed by atoms with Crippen LogP contribution in [0.5, 0.6) is 17.2 Å². The molecule has 0 fully saturated rings. The van der Waals surface area contributed by atoms with Crippen LogP contribution in [0.4, 0.5) is 0 Å². The van der Waals surface area contributed by atoms with E-state index in [1.807, 2.05) is 0 Å². The molecule has 0 amide bonds. The van der Waals surface area contributed by atoms with E-state index in [4.69, 9.17) is 9.47 Å². The number of hydrogen-bond donors (Lipinski definition) is 1. The Morgan fingerprint density at radius 2 is 1.53 bits per heavy atom. The fourth-order valence-electron chi connectivity index (χ4n) is 1.54. The molecule has 0 unspecified atom stereocenters. The first kappa shape index (κ1) is 15.3. The van der Waals surface area contributed by atoms with Crippen LogP contribution >= 0.6 is 0 Å². The lowest BCUT2D eigenvalue weighted by Crippen LogP contribution is -2.01. The molecule has 106 valence electrons. The summed E-state index contributed by atoms with van der Waals surface area (Å²) in [5, 5.41) is 10.0. The zero-order valence-electron chi connectivity index (χ0n) is 11.6. The van der Waals surface area contributed by atoms with Gasteiger partial charge in [-0.3, -0.25) is 4.79 Å². The Hall–Kier alpha value is -1.71. The molecule has 1 aromatic carbocycles. The summed E-state index contributed by atoms with van der Waals surface area (Å²) in [5.41, 5.74) is 0.441. The molecule has 0 radical (unpaired) electrons. The number of carbonyl (C=O) groups is 1. The van der Waals surface area contributed by atoms with E-state index in [0.29, 0.717) is 30.3 Å². The van der Waals surface area contributed by atoms with Gasteiger partial charge in [0.15, 0.2) is 11.5 Å². The highest BCUT2D eigenvalue weighted by molar-refractivity contribution is 5.78. The van der Waals surface area contributed by atoms with E-state index >= 15 is 0 Å². The van der Waals surface area contributed by atoms with Gasteiger partial charge in [-0.2, -0.15) is 0 Å². The van der Waals surface area contributed by atoms with E-state index in [1.165, 1.54) is 12.1 Å². The van der Waals surface area contributed by atoms with Crippen molar-refractivity contribution in [2.45, 2.75) is 39.5 Å². The third kappa shape index (κ3) is 4.81. The molecule has 1 aromatic rings. The highest BCUT2D eigenvalue weighted by Gasteiger charge is 2.12. The Balaban J connectivity index is 2.83. The minimum Gasteiger partial charge on any atom is -0.502 e. The van der Waals surface area contributed by atoms with Crippen molar-refractivity contribution >= 4 is 6.29 Å². The third-order valence-corrected chi connectivity index (χ3v) is 2.71. The number of carbonyl (C=O) groups excluding carboxylic acids is 1. The molecule has 0 atom stereocenters. The Labute approximate surface area is 114 Å². The van der Waals surface area contributed by atoms with Crippen LogP contribution < -0.4 is 9.47 Å². The number of unbranched alkanes of at least 4 members (excludes halogenated alkanes) is 2. The quantitative estimate of drug-likeness (QED) is 0.548. The summed E-state index contributed by atoms with van der Waals surface area (Å²) in [6.45, 7) is 5.15. The molecule has 0 heterocycles. The summed E-state index contributed by atoms with van der Waals surface area (Å²) < 4.78 is 11.0. The van der Waals surface area contributed by atoms with Gasteiger partial charge in [-0.1, -0.05) is 26.7 Å². The van der Waals surface area contributed by atoms with Crippen LogP contribution in [0.1, 0.15) is 49.9 Å². The molecule has 0 aliphatic rings. The van der Waals surface area contributed by atoms with E-state index < -0.39 is 0 Å². The van der Waals surface area contributed by atoms with Crippen molar-refractivity contribution in [1.82, 2.24) is 0 Å². The zero-order chi connectivity index (χ0) is 14.1. The number of aldehydes is 1. The molecular weight excluding hydrogens is 244 g/mol. The largest absolute Gasteiger partial charge is 0.502 e. The Kier molecular flexibility index (Phi) is 6.79. The smallest absolute Gasteiger partial charge is 0.200 e. The van der Waals surface area contributed by atoms with Crippen LogP contribution in [-0.2, 0) is 0 Å². The average molecular weight is 266 g/mol. The van der Waals surface area contributed by atoms with Crippen LogP contribution in [0, 0.1) is 0 Å². The molecule has 0 aliphatic carbocycles. The molecule has 4 heteroatoms. The Morgan fingerprint density at radius 3 is 1.89 bits per heavy atom. The molecule has 1 N–H and O–H groups in total. The molecule has 1 rings (SSSR count). The number of aromatic hydroxyl groups is 1. The number of benzene rings is 1. The van der Waals surface area contributed by atoms with Crippen molar-refractivity contribution in [3.8, 4) is 17.2 Å². The SMILES string of the molecule is CCCCOc1cc(C=O)cc(OCCCC)c1O. The number of hydrogen-bond acceptors (Lipinski definition) is 4. The maximum absolute atomic E-state index is 10.9. The molecule has 19 heavy (non-hydrogen) atoms. The van der Waals surface area contributed by atoms with Gasteiger partial charge in [0.1, 0.15) is 6.29 Å². The summed E-state index contributed by atoms with van der Waals surface area (Å²) in [6.07, 6.45) is 4.54. The van der Waals surface area contributed by atoms with Crippen LogP contribution in [0.3, 0.4) is 0 Å². The maximum Gasteiger partial charge on any atom is 0.200 e. The lowest BCUT2D eigenvalue weighted by atomic mass is 10.2. The van der Waals surface area contributed by atoms with Gasteiger partial charge >= 0.3 is 0 Å². The summed E-state index contributed by atoms with van der Waals surface area (Å²) >= 11 is 0. The van der Waals surface area contributed by atoms with Crippen LogP contribution in [-0.4, -0.2) is 24.6 Å². The Morgan fingerprint density at radius 1 is 1.05 bits per heavy atom.